The molecule has 5 nitrogen and oxygen atoms in total. The molecule has 0 bridgehead atoms. The number of carbonyl (C=O) groups excluding carboxylic acids is 2. The van der Waals surface area contributed by atoms with Crippen molar-refractivity contribution in [2.24, 2.45) is 0 Å². The van der Waals surface area contributed by atoms with E-state index in [1.165, 1.54) is 5.56 Å². The molecule has 0 unspecified atom stereocenters. The molecule has 0 radical (unpaired) electrons. The zero-order valence-corrected chi connectivity index (χ0v) is 22.1. The molecule has 0 aliphatic rings. The van der Waals surface area contributed by atoms with E-state index in [1.54, 1.807) is 12.0 Å². The zero-order chi connectivity index (χ0) is 26.1. The van der Waals surface area contributed by atoms with Gasteiger partial charge in [-0.15, -0.1) is 0 Å². The van der Waals surface area contributed by atoms with E-state index in [4.69, 9.17) is 4.74 Å². The Kier molecular flexibility index (Phi) is 9.69. The summed E-state index contributed by atoms with van der Waals surface area (Å²) in [7, 11) is 1.62. The molecule has 5 heteroatoms. The predicted octanol–water partition coefficient (Wildman–Crippen LogP) is 5.41. The molecule has 3 rings (SSSR count). The first kappa shape index (κ1) is 27.0. The lowest BCUT2D eigenvalue weighted by atomic mass is 10.00. The summed E-state index contributed by atoms with van der Waals surface area (Å²) in [5.74, 6) is 0.503. The third-order valence-corrected chi connectivity index (χ3v) is 6.69. The van der Waals surface area contributed by atoms with Crippen LogP contribution < -0.4 is 10.1 Å². The van der Waals surface area contributed by atoms with Crippen LogP contribution in [0.4, 0.5) is 0 Å². The first-order valence-corrected chi connectivity index (χ1v) is 12.6. The highest BCUT2D eigenvalue weighted by molar-refractivity contribution is 5.89. The molecule has 0 saturated carbocycles. The molecule has 0 fully saturated rings. The summed E-state index contributed by atoms with van der Waals surface area (Å²) in [6.07, 6.45) is 1.48. The van der Waals surface area contributed by atoms with Gasteiger partial charge >= 0.3 is 0 Å². The van der Waals surface area contributed by atoms with Crippen LogP contribution in [0.1, 0.15) is 48.1 Å². The summed E-state index contributed by atoms with van der Waals surface area (Å²) < 4.78 is 5.40. The summed E-state index contributed by atoms with van der Waals surface area (Å²) in [6, 6.07) is 23.0. The predicted molar refractivity (Wildman–Crippen MR) is 145 cm³/mol. The van der Waals surface area contributed by atoms with Gasteiger partial charge in [-0.05, 0) is 67.1 Å². The van der Waals surface area contributed by atoms with E-state index in [1.807, 2.05) is 80.6 Å². The van der Waals surface area contributed by atoms with Crippen molar-refractivity contribution in [3.05, 3.63) is 101 Å². The van der Waals surface area contributed by atoms with Crippen molar-refractivity contribution >= 4 is 11.8 Å². The van der Waals surface area contributed by atoms with Crippen LogP contribution in [0.25, 0.3) is 0 Å². The largest absolute Gasteiger partial charge is 0.497 e. The maximum absolute atomic E-state index is 13.9. The lowest BCUT2D eigenvalue weighted by molar-refractivity contribution is -0.141. The fraction of sp³-hybridized carbons (Fsp3) is 0.355. The molecule has 36 heavy (non-hydrogen) atoms. The van der Waals surface area contributed by atoms with Crippen molar-refractivity contribution in [2.75, 3.05) is 7.11 Å². The Balaban J connectivity index is 1.99. The van der Waals surface area contributed by atoms with Gasteiger partial charge in [0.25, 0.3) is 0 Å². The summed E-state index contributed by atoms with van der Waals surface area (Å²) in [5.41, 5.74) is 5.21. The van der Waals surface area contributed by atoms with Gasteiger partial charge in [-0.3, -0.25) is 9.59 Å². The van der Waals surface area contributed by atoms with Crippen molar-refractivity contribution in [3.63, 3.8) is 0 Å². The van der Waals surface area contributed by atoms with Gasteiger partial charge in [0, 0.05) is 19.0 Å². The van der Waals surface area contributed by atoms with Gasteiger partial charge < -0.3 is 15.0 Å². The average molecular weight is 487 g/mol. The third-order valence-electron chi connectivity index (χ3n) is 6.69. The van der Waals surface area contributed by atoms with Gasteiger partial charge in [0.15, 0.2) is 0 Å². The number of benzene rings is 3. The second kappa shape index (κ2) is 12.9. The highest BCUT2D eigenvalue weighted by Gasteiger charge is 2.31. The minimum Gasteiger partial charge on any atom is -0.497 e. The van der Waals surface area contributed by atoms with Crippen LogP contribution in [-0.2, 0) is 29.0 Å². The maximum atomic E-state index is 13.9. The van der Waals surface area contributed by atoms with Gasteiger partial charge in [-0.1, -0.05) is 67.6 Å². The number of aryl methyl sites for hydroxylation is 2. The Hall–Kier alpha value is -3.60. The Morgan fingerprint density at radius 2 is 1.61 bits per heavy atom. The molecule has 3 aromatic rings. The molecule has 0 aliphatic carbocycles. The minimum absolute atomic E-state index is 0.0179. The number of nitrogens with one attached hydrogen (secondary N) is 1. The van der Waals surface area contributed by atoms with E-state index in [0.29, 0.717) is 13.0 Å². The quantitative estimate of drug-likeness (QED) is 0.394. The monoisotopic (exact) mass is 486 g/mol. The Morgan fingerprint density at radius 1 is 0.889 bits per heavy atom. The van der Waals surface area contributed by atoms with Crippen LogP contribution in [0.3, 0.4) is 0 Å². The molecule has 0 aliphatic heterocycles. The van der Waals surface area contributed by atoms with Crippen molar-refractivity contribution in [3.8, 4) is 5.75 Å². The second-order valence-corrected chi connectivity index (χ2v) is 9.49. The van der Waals surface area contributed by atoms with Crippen molar-refractivity contribution in [2.45, 2.75) is 65.6 Å². The van der Waals surface area contributed by atoms with Gasteiger partial charge in [0.1, 0.15) is 11.8 Å². The van der Waals surface area contributed by atoms with Gasteiger partial charge in [-0.2, -0.15) is 0 Å². The summed E-state index contributed by atoms with van der Waals surface area (Å²) in [5, 5.41) is 3.12. The maximum Gasteiger partial charge on any atom is 0.243 e. The number of rotatable bonds is 11. The average Bonchev–Trinajstić information content (AvgIpc) is 2.88. The summed E-state index contributed by atoms with van der Waals surface area (Å²) in [4.78, 5) is 29.2. The molecule has 0 saturated heterocycles. The fourth-order valence-electron chi connectivity index (χ4n) is 4.15. The van der Waals surface area contributed by atoms with Gasteiger partial charge in [-0.25, -0.2) is 0 Å². The number of ether oxygens (including phenoxy) is 1. The number of hydrogen-bond acceptors (Lipinski definition) is 3. The van der Waals surface area contributed by atoms with Crippen LogP contribution in [-0.4, -0.2) is 35.9 Å². The highest BCUT2D eigenvalue weighted by Crippen LogP contribution is 2.20. The number of amides is 2. The summed E-state index contributed by atoms with van der Waals surface area (Å²) in [6.45, 7) is 8.45. The molecule has 190 valence electrons. The fourth-order valence-corrected chi connectivity index (χ4v) is 4.15. The van der Waals surface area contributed by atoms with Crippen LogP contribution >= 0.6 is 0 Å². The molecule has 3 aromatic carbocycles. The molecule has 1 N–H and O–H groups in total. The van der Waals surface area contributed by atoms with E-state index in [0.717, 1.165) is 34.4 Å². The topological polar surface area (TPSA) is 58.6 Å². The number of carbonyl (C=O) groups is 2. The van der Waals surface area contributed by atoms with E-state index < -0.39 is 6.04 Å². The molecule has 0 aromatic heterocycles. The SMILES string of the molecule is CC[C@H](C)NC(=O)[C@@H](Cc1ccccc1)N(Cc1cccc(OC)c1)C(=O)Cc1ccc(C)c(C)c1. The van der Waals surface area contributed by atoms with E-state index in [2.05, 4.69) is 25.2 Å². The first-order chi connectivity index (χ1) is 17.3. The molecule has 2 atom stereocenters. The lowest BCUT2D eigenvalue weighted by Crippen LogP contribution is -2.52. The molecule has 0 spiro atoms. The van der Waals surface area contributed by atoms with E-state index in [-0.39, 0.29) is 24.3 Å². The molecular formula is C31H38N2O3. The smallest absolute Gasteiger partial charge is 0.243 e. The van der Waals surface area contributed by atoms with Crippen LogP contribution in [0.2, 0.25) is 0 Å². The van der Waals surface area contributed by atoms with E-state index in [9.17, 15) is 9.59 Å². The Bertz CT molecular complexity index is 1160. The first-order valence-electron chi connectivity index (χ1n) is 12.6. The van der Waals surface area contributed by atoms with E-state index >= 15 is 0 Å². The van der Waals surface area contributed by atoms with Gasteiger partial charge in [0.2, 0.25) is 11.8 Å². The van der Waals surface area contributed by atoms with Crippen LogP contribution in [0, 0.1) is 13.8 Å². The highest BCUT2D eigenvalue weighted by atomic mass is 16.5. The number of hydrogen-bond donors (Lipinski definition) is 1. The second-order valence-electron chi connectivity index (χ2n) is 9.49. The standard InChI is InChI=1S/C31H38N2O3/c1-6-24(4)32-31(35)29(19-25-11-8-7-9-12-25)33(21-27-13-10-14-28(18-27)36-5)30(34)20-26-16-15-22(2)23(3)17-26/h7-18,24,29H,6,19-21H2,1-5H3,(H,32,35)/t24-,29+/m0/s1. The number of nitrogens with zero attached hydrogens (tertiary/aromatic N) is 1. The Morgan fingerprint density at radius 3 is 2.28 bits per heavy atom. The van der Waals surface area contributed by atoms with Crippen molar-refractivity contribution < 1.29 is 14.3 Å². The van der Waals surface area contributed by atoms with Crippen molar-refractivity contribution in [1.82, 2.24) is 10.2 Å². The lowest BCUT2D eigenvalue weighted by Gasteiger charge is -2.32. The van der Waals surface area contributed by atoms with Crippen molar-refractivity contribution in [1.29, 1.82) is 0 Å². The number of methoxy groups -OCH3 is 1. The summed E-state index contributed by atoms with van der Waals surface area (Å²) >= 11 is 0. The zero-order valence-electron chi connectivity index (χ0n) is 22.1. The molecule has 0 heterocycles. The normalized spacial score (nSPS) is 12.5. The molecule has 2 amide bonds. The van der Waals surface area contributed by atoms with Crippen LogP contribution in [0.5, 0.6) is 5.75 Å². The van der Waals surface area contributed by atoms with Crippen LogP contribution in [0.15, 0.2) is 72.8 Å². The van der Waals surface area contributed by atoms with Gasteiger partial charge in [0.05, 0.1) is 13.5 Å². The minimum atomic E-state index is -0.647. The third kappa shape index (κ3) is 7.45. The molecular weight excluding hydrogens is 448 g/mol. The Labute approximate surface area is 215 Å².